The molecule has 3 aliphatic rings. The van der Waals surface area contributed by atoms with Crippen LogP contribution in [0.4, 0.5) is 0 Å². The molecule has 0 bridgehead atoms. The van der Waals surface area contributed by atoms with Gasteiger partial charge in [-0.3, -0.25) is 4.79 Å². The van der Waals surface area contributed by atoms with Crippen LogP contribution in [0.5, 0.6) is 0 Å². The Morgan fingerprint density at radius 1 is 1.19 bits per heavy atom. The smallest absolute Gasteiger partial charge is 0.223 e. The first-order chi connectivity index (χ1) is 10.2. The van der Waals surface area contributed by atoms with Gasteiger partial charge in [0.2, 0.25) is 5.91 Å². The van der Waals surface area contributed by atoms with Gasteiger partial charge < -0.3 is 15.2 Å². The van der Waals surface area contributed by atoms with E-state index in [9.17, 15) is 9.90 Å². The van der Waals surface area contributed by atoms with Gasteiger partial charge >= 0.3 is 0 Å². The fourth-order valence-corrected chi connectivity index (χ4v) is 4.37. The summed E-state index contributed by atoms with van der Waals surface area (Å²) in [5.74, 6) is 1.90. The third-order valence-corrected chi connectivity index (χ3v) is 5.86. The molecule has 1 aliphatic heterocycles. The largest absolute Gasteiger partial charge is 0.396 e. The van der Waals surface area contributed by atoms with Crippen molar-refractivity contribution in [1.82, 2.24) is 5.32 Å². The minimum absolute atomic E-state index is 0.136. The average molecular weight is 295 g/mol. The van der Waals surface area contributed by atoms with E-state index in [-0.39, 0.29) is 24.0 Å². The Bertz CT molecular complexity index is 354. The maximum Gasteiger partial charge on any atom is 0.223 e. The van der Waals surface area contributed by atoms with Crippen LogP contribution in [0.25, 0.3) is 0 Å². The number of aliphatic hydroxyl groups is 1. The summed E-state index contributed by atoms with van der Waals surface area (Å²) in [7, 11) is 0. The molecular weight excluding hydrogens is 266 g/mol. The Morgan fingerprint density at radius 3 is 2.57 bits per heavy atom. The first-order valence-corrected chi connectivity index (χ1v) is 8.75. The van der Waals surface area contributed by atoms with E-state index >= 15 is 0 Å². The highest BCUT2D eigenvalue weighted by Crippen LogP contribution is 2.49. The summed E-state index contributed by atoms with van der Waals surface area (Å²) >= 11 is 0. The topological polar surface area (TPSA) is 58.6 Å². The molecule has 120 valence electrons. The van der Waals surface area contributed by atoms with Crippen LogP contribution in [0.15, 0.2) is 0 Å². The lowest BCUT2D eigenvalue weighted by Gasteiger charge is -2.38. The number of ether oxygens (including phenoxy) is 1. The minimum Gasteiger partial charge on any atom is -0.396 e. The second kappa shape index (κ2) is 6.66. The zero-order valence-electron chi connectivity index (χ0n) is 13.0. The molecule has 3 rings (SSSR count). The Balaban J connectivity index is 1.53. The molecule has 2 aliphatic carbocycles. The Labute approximate surface area is 127 Å². The highest BCUT2D eigenvalue weighted by Gasteiger charge is 2.49. The summed E-state index contributed by atoms with van der Waals surface area (Å²) < 4.78 is 5.41. The van der Waals surface area contributed by atoms with E-state index < -0.39 is 0 Å². The number of amides is 1. The molecule has 2 N–H and O–H groups in total. The van der Waals surface area contributed by atoms with Gasteiger partial charge in [-0.2, -0.15) is 0 Å². The average Bonchev–Trinajstić information content (AvgIpc) is 3.30. The molecular formula is C17H29NO3. The Morgan fingerprint density at radius 2 is 1.90 bits per heavy atom. The highest BCUT2D eigenvalue weighted by molar-refractivity contribution is 5.82. The molecule has 2 saturated carbocycles. The van der Waals surface area contributed by atoms with Gasteiger partial charge in [0.05, 0.1) is 0 Å². The van der Waals surface area contributed by atoms with Crippen LogP contribution in [0, 0.1) is 17.8 Å². The second-order valence-electron chi connectivity index (χ2n) is 7.26. The van der Waals surface area contributed by atoms with Gasteiger partial charge in [0.25, 0.3) is 0 Å². The summed E-state index contributed by atoms with van der Waals surface area (Å²) in [4.78, 5) is 12.6. The lowest BCUT2D eigenvalue weighted by molar-refractivity contribution is -0.126. The predicted octanol–water partition coefficient (Wildman–Crippen LogP) is 2.25. The summed E-state index contributed by atoms with van der Waals surface area (Å²) in [6.07, 6.45) is 10.1. The van der Waals surface area contributed by atoms with Crippen molar-refractivity contribution in [2.75, 3.05) is 19.8 Å². The van der Waals surface area contributed by atoms with Crippen LogP contribution in [-0.4, -0.2) is 36.4 Å². The fourth-order valence-electron chi connectivity index (χ4n) is 4.37. The maximum atomic E-state index is 12.6. The molecule has 2 unspecified atom stereocenters. The van der Waals surface area contributed by atoms with E-state index in [1.54, 1.807) is 0 Å². The van der Waals surface area contributed by atoms with Crippen LogP contribution in [0.3, 0.4) is 0 Å². The van der Waals surface area contributed by atoms with E-state index in [2.05, 4.69) is 5.32 Å². The van der Waals surface area contributed by atoms with Crippen molar-refractivity contribution in [2.24, 2.45) is 17.8 Å². The zero-order chi connectivity index (χ0) is 14.7. The summed E-state index contributed by atoms with van der Waals surface area (Å²) in [6, 6.07) is 0. The van der Waals surface area contributed by atoms with Gasteiger partial charge in [-0.25, -0.2) is 0 Å². The first-order valence-electron chi connectivity index (χ1n) is 8.75. The molecule has 1 saturated heterocycles. The summed E-state index contributed by atoms with van der Waals surface area (Å²) in [5, 5.41) is 12.6. The molecule has 1 heterocycles. The minimum atomic E-state index is -0.218. The van der Waals surface area contributed by atoms with Crippen LogP contribution < -0.4 is 5.32 Å². The number of carbonyl (C=O) groups excluding carboxylic acids is 1. The fraction of sp³-hybridized carbons (Fsp3) is 0.941. The van der Waals surface area contributed by atoms with Crippen molar-refractivity contribution in [3.63, 3.8) is 0 Å². The monoisotopic (exact) mass is 295 g/mol. The molecule has 0 aromatic carbocycles. The standard InChI is InChI=1S/C17H29NO3/c19-9-6-17(7-10-21-11-8-17)18-16(20)15-12-14(15)13-4-2-1-3-5-13/h13-15,19H,1-12H2,(H,18,20). The van der Waals surface area contributed by atoms with Gasteiger partial charge in [0, 0.05) is 31.3 Å². The number of hydrogen-bond acceptors (Lipinski definition) is 3. The van der Waals surface area contributed by atoms with Gasteiger partial charge in [0.1, 0.15) is 0 Å². The summed E-state index contributed by atoms with van der Waals surface area (Å²) in [5.41, 5.74) is -0.218. The molecule has 0 aromatic rings. The SMILES string of the molecule is O=C(NC1(CCO)CCOCC1)C1CC1C1CCCCC1. The molecule has 0 aromatic heterocycles. The number of rotatable bonds is 5. The zero-order valence-corrected chi connectivity index (χ0v) is 13.0. The van der Waals surface area contributed by atoms with E-state index in [4.69, 9.17) is 4.74 Å². The van der Waals surface area contributed by atoms with Crippen LogP contribution >= 0.6 is 0 Å². The predicted molar refractivity (Wildman–Crippen MR) is 80.8 cm³/mol. The van der Waals surface area contributed by atoms with E-state index in [1.165, 1.54) is 32.1 Å². The maximum absolute atomic E-state index is 12.6. The van der Waals surface area contributed by atoms with Gasteiger partial charge in [-0.1, -0.05) is 32.1 Å². The second-order valence-corrected chi connectivity index (χ2v) is 7.26. The normalized spacial score (nSPS) is 32.6. The highest BCUT2D eigenvalue weighted by atomic mass is 16.5. The van der Waals surface area contributed by atoms with Gasteiger partial charge in [0.15, 0.2) is 0 Å². The lowest BCUT2D eigenvalue weighted by Crippen LogP contribution is -2.53. The Hall–Kier alpha value is -0.610. The number of hydrogen-bond donors (Lipinski definition) is 2. The first kappa shape index (κ1) is 15.3. The molecule has 4 nitrogen and oxygen atoms in total. The van der Waals surface area contributed by atoms with E-state index in [0.29, 0.717) is 25.6 Å². The summed E-state index contributed by atoms with van der Waals surface area (Å²) in [6.45, 7) is 1.52. The van der Waals surface area contributed by atoms with Crippen molar-refractivity contribution in [3.8, 4) is 0 Å². The van der Waals surface area contributed by atoms with Gasteiger partial charge in [-0.15, -0.1) is 0 Å². The van der Waals surface area contributed by atoms with Crippen molar-refractivity contribution < 1.29 is 14.6 Å². The van der Waals surface area contributed by atoms with E-state index in [1.807, 2.05) is 0 Å². The van der Waals surface area contributed by atoms with Gasteiger partial charge in [-0.05, 0) is 37.5 Å². The molecule has 21 heavy (non-hydrogen) atoms. The van der Waals surface area contributed by atoms with Crippen molar-refractivity contribution in [1.29, 1.82) is 0 Å². The molecule has 0 spiro atoms. The number of aliphatic hydroxyl groups excluding tert-OH is 1. The van der Waals surface area contributed by atoms with Crippen LogP contribution in [0.1, 0.15) is 57.8 Å². The number of carbonyl (C=O) groups is 1. The third kappa shape index (κ3) is 3.59. The van der Waals surface area contributed by atoms with Crippen molar-refractivity contribution in [2.45, 2.75) is 63.3 Å². The molecule has 4 heteroatoms. The van der Waals surface area contributed by atoms with Crippen LogP contribution in [0.2, 0.25) is 0 Å². The lowest BCUT2D eigenvalue weighted by atomic mass is 9.84. The van der Waals surface area contributed by atoms with Crippen LogP contribution in [-0.2, 0) is 9.53 Å². The molecule has 2 atom stereocenters. The molecule has 1 amide bonds. The number of nitrogens with one attached hydrogen (secondary N) is 1. The third-order valence-electron chi connectivity index (χ3n) is 5.86. The quantitative estimate of drug-likeness (QED) is 0.818. The van der Waals surface area contributed by atoms with Crippen molar-refractivity contribution in [3.05, 3.63) is 0 Å². The Kier molecular flexibility index (Phi) is 4.85. The molecule has 3 fully saturated rings. The molecule has 0 radical (unpaired) electrons. The van der Waals surface area contributed by atoms with Crippen molar-refractivity contribution >= 4 is 5.91 Å². The van der Waals surface area contributed by atoms with E-state index in [0.717, 1.165) is 25.2 Å².